The van der Waals surface area contributed by atoms with E-state index in [0.29, 0.717) is 0 Å². The highest BCUT2D eigenvalue weighted by atomic mass is 19.1. The Morgan fingerprint density at radius 1 is 1.53 bits per heavy atom. The van der Waals surface area contributed by atoms with Crippen LogP contribution in [0.2, 0.25) is 0 Å². The maximum Gasteiger partial charge on any atom is 0.305 e. The van der Waals surface area contributed by atoms with Gasteiger partial charge in [0.05, 0.1) is 6.42 Å². The summed E-state index contributed by atoms with van der Waals surface area (Å²) in [5.74, 6) is -2.27. The van der Waals surface area contributed by atoms with Gasteiger partial charge in [-0.15, -0.1) is 0 Å². The van der Waals surface area contributed by atoms with Gasteiger partial charge in [0.2, 0.25) is 5.95 Å². The lowest BCUT2D eigenvalue weighted by Crippen LogP contribution is -2.26. The molecule has 0 saturated carbocycles. The predicted octanol–water partition coefficient (Wildman–Crippen LogP) is 0.425. The topological polar surface area (TPSA) is 79.3 Å². The van der Waals surface area contributed by atoms with Crippen LogP contribution >= 0.6 is 0 Å². The van der Waals surface area contributed by atoms with Crippen LogP contribution in [0.1, 0.15) is 16.8 Å². The number of amides is 1. The van der Waals surface area contributed by atoms with Gasteiger partial charge in [-0.3, -0.25) is 9.59 Å². The van der Waals surface area contributed by atoms with Crippen molar-refractivity contribution in [1.82, 2.24) is 10.3 Å². The minimum atomic E-state index is -1.00. The minimum absolute atomic E-state index is 0.0120. The second-order valence-corrected chi connectivity index (χ2v) is 2.77. The van der Waals surface area contributed by atoms with E-state index in [1.807, 2.05) is 0 Å². The highest BCUT2D eigenvalue weighted by molar-refractivity contribution is 5.94. The summed E-state index contributed by atoms with van der Waals surface area (Å²) in [5, 5.41) is 10.7. The van der Waals surface area contributed by atoms with Crippen LogP contribution < -0.4 is 5.32 Å². The van der Waals surface area contributed by atoms with Crippen molar-refractivity contribution in [3.05, 3.63) is 29.8 Å². The summed E-state index contributed by atoms with van der Waals surface area (Å²) in [5.41, 5.74) is 0.118. The van der Waals surface area contributed by atoms with Gasteiger partial charge < -0.3 is 10.4 Å². The van der Waals surface area contributed by atoms with Crippen LogP contribution in [0.4, 0.5) is 4.39 Å². The molecule has 0 aromatic carbocycles. The number of pyridine rings is 1. The van der Waals surface area contributed by atoms with Gasteiger partial charge >= 0.3 is 5.97 Å². The maximum absolute atomic E-state index is 12.6. The van der Waals surface area contributed by atoms with Crippen molar-refractivity contribution in [2.45, 2.75) is 6.42 Å². The van der Waals surface area contributed by atoms with Crippen LogP contribution in [0, 0.1) is 5.95 Å². The highest BCUT2D eigenvalue weighted by Crippen LogP contribution is 1.99. The zero-order valence-electron chi connectivity index (χ0n) is 7.74. The number of carbonyl (C=O) groups excluding carboxylic acids is 1. The van der Waals surface area contributed by atoms with Gasteiger partial charge in [0.25, 0.3) is 5.91 Å². The molecule has 0 aliphatic heterocycles. The van der Waals surface area contributed by atoms with Crippen molar-refractivity contribution >= 4 is 11.9 Å². The van der Waals surface area contributed by atoms with E-state index in [1.165, 1.54) is 12.3 Å². The molecule has 15 heavy (non-hydrogen) atoms. The smallest absolute Gasteiger partial charge is 0.305 e. The average molecular weight is 212 g/mol. The van der Waals surface area contributed by atoms with Crippen LogP contribution in [0.25, 0.3) is 0 Å². The van der Waals surface area contributed by atoms with E-state index in [0.717, 1.165) is 6.07 Å². The van der Waals surface area contributed by atoms with E-state index in [4.69, 9.17) is 5.11 Å². The van der Waals surface area contributed by atoms with Crippen molar-refractivity contribution in [2.75, 3.05) is 6.54 Å². The van der Waals surface area contributed by atoms with Crippen molar-refractivity contribution in [3.63, 3.8) is 0 Å². The quantitative estimate of drug-likeness (QED) is 0.709. The summed E-state index contributed by atoms with van der Waals surface area (Å²) < 4.78 is 12.6. The van der Waals surface area contributed by atoms with E-state index in [9.17, 15) is 14.0 Å². The Hall–Kier alpha value is -1.98. The summed E-state index contributed by atoms with van der Waals surface area (Å²) >= 11 is 0. The molecule has 1 aromatic heterocycles. The first-order chi connectivity index (χ1) is 7.09. The van der Waals surface area contributed by atoms with Gasteiger partial charge in [0.1, 0.15) is 0 Å². The van der Waals surface area contributed by atoms with Gasteiger partial charge in [-0.25, -0.2) is 4.98 Å². The minimum Gasteiger partial charge on any atom is -0.481 e. The van der Waals surface area contributed by atoms with E-state index in [1.54, 1.807) is 0 Å². The fraction of sp³-hybridized carbons (Fsp3) is 0.222. The third-order valence-electron chi connectivity index (χ3n) is 1.61. The van der Waals surface area contributed by atoms with Gasteiger partial charge in [-0.2, -0.15) is 4.39 Å². The summed E-state index contributed by atoms with van der Waals surface area (Å²) in [7, 11) is 0. The molecule has 5 nitrogen and oxygen atoms in total. The van der Waals surface area contributed by atoms with Gasteiger partial charge in [0, 0.05) is 24.4 Å². The zero-order chi connectivity index (χ0) is 11.3. The molecule has 0 fully saturated rings. The molecule has 0 atom stereocenters. The summed E-state index contributed by atoms with van der Waals surface area (Å²) in [6, 6.07) is 2.33. The van der Waals surface area contributed by atoms with Crippen LogP contribution in [-0.4, -0.2) is 28.5 Å². The molecule has 0 spiro atoms. The number of halogens is 1. The second kappa shape index (κ2) is 5.04. The Morgan fingerprint density at radius 3 is 2.87 bits per heavy atom. The molecule has 1 heterocycles. The number of aliphatic carboxylic acids is 1. The monoisotopic (exact) mass is 212 g/mol. The van der Waals surface area contributed by atoms with Gasteiger partial charge in [0.15, 0.2) is 0 Å². The van der Waals surface area contributed by atoms with Crippen molar-refractivity contribution in [1.29, 1.82) is 0 Å². The Balaban J connectivity index is 2.50. The third-order valence-corrected chi connectivity index (χ3v) is 1.61. The number of hydrogen-bond acceptors (Lipinski definition) is 3. The molecular weight excluding hydrogens is 203 g/mol. The lowest BCUT2D eigenvalue weighted by molar-refractivity contribution is -0.136. The number of carbonyl (C=O) groups is 2. The first kappa shape index (κ1) is 11.1. The molecule has 1 aromatic rings. The van der Waals surface area contributed by atoms with Crippen LogP contribution in [0.5, 0.6) is 0 Å². The molecule has 1 amide bonds. The van der Waals surface area contributed by atoms with E-state index < -0.39 is 17.8 Å². The zero-order valence-corrected chi connectivity index (χ0v) is 7.74. The van der Waals surface area contributed by atoms with Crippen molar-refractivity contribution < 1.29 is 19.1 Å². The number of carboxylic acids is 1. The molecule has 0 aliphatic carbocycles. The number of carboxylic acid groups (broad SMARTS) is 1. The number of rotatable bonds is 4. The fourth-order valence-electron chi connectivity index (χ4n) is 0.929. The molecule has 0 bridgehead atoms. The largest absolute Gasteiger partial charge is 0.481 e. The second-order valence-electron chi connectivity index (χ2n) is 2.77. The molecule has 0 unspecified atom stereocenters. The normalized spacial score (nSPS) is 9.67. The molecule has 0 aliphatic rings. The lowest BCUT2D eigenvalue weighted by Gasteiger charge is -2.02. The molecule has 0 radical (unpaired) electrons. The number of aromatic nitrogens is 1. The molecule has 6 heteroatoms. The van der Waals surface area contributed by atoms with Gasteiger partial charge in [-0.05, 0) is 6.07 Å². The standard InChI is InChI=1S/C9H9FN2O3/c10-7-5-6(1-3-11-7)9(15)12-4-2-8(13)14/h1,3,5H,2,4H2,(H,12,15)(H,13,14). The number of nitrogens with zero attached hydrogens (tertiary/aromatic N) is 1. The first-order valence-corrected chi connectivity index (χ1v) is 4.21. The average Bonchev–Trinajstić information content (AvgIpc) is 2.17. The fourth-order valence-corrected chi connectivity index (χ4v) is 0.929. The van der Waals surface area contributed by atoms with Crippen LogP contribution in [0.3, 0.4) is 0 Å². The molecular formula is C9H9FN2O3. The maximum atomic E-state index is 12.6. The van der Waals surface area contributed by atoms with E-state index in [-0.39, 0.29) is 18.5 Å². The Morgan fingerprint density at radius 2 is 2.27 bits per heavy atom. The Labute approximate surface area is 84.9 Å². The van der Waals surface area contributed by atoms with Gasteiger partial charge in [-0.1, -0.05) is 0 Å². The van der Waals surface area contributed by atoms with Crippen LogP contribution in [0.15, 0.2) is 18.3 Å². The van der Waals surface area contributed by atoms with E-state index in [2.05, 4.69) is 10.3 Å². The summed E-state index contributed by atoms with van der Waals surface area (Å²) in [4.78, 5) is 24.7. The Bertz CT molecular complexity index is 381. The lowest BCUT2D eigenvalue weighted by atomic mass is 10.2. The van der Waals surface area contributed by atoms with E-state index >= 15 is 0 Å². The number of nitrogens with one attached hydrogen (secondary N) is 1. The molecule has 1 rings (SSSR count). The van der Waals surface area contributed by atoms with Crippen molar-refractivity contribution in [3.8, 4) is 0 Å². The van der Waals surface area contributed by atoms with Crippen molar-refractivity contribution in [2.24, 2.45) is 0 Å². The third kappa shape index (κ3) is 3.72. The van der Waals surface area contributed by atoms with Crippen LogP contribution in [-0.2, 0) is 4.79 Å². The summed E-state index contributed by atoms with van der Waals surface area (Å²) in [6.45, 7) is 0.0120. The predicted molar refractivity (Wildman–Crippen MR) is 48.8 cm³/mol. The highest BCUT2D eigenvalue weighted by Gasteiger charge is 2.06. The molecule has 0 saturated heterocycles. The molecule has 2 N–H and O–H groups in total. The molecule has 80 valence electrons. The Kier molecular flexibility index (Phi) is 3.73. The number of hydrogen-bond donors (Lipinski definition) is 2. The SMILES string of the molecule is O=C(O)CCNC(=O)c1ccnc(F)c1. The first-order valence-electron chi connectivity index (χ1n) is 4.21. The summed E-state index contributed by atoms with van der Waals surface area (Å²) in [6.07, 6.45) is 1.00.